The molecular formula is C18H16Cl2N2O4S2. The number of amides is 1. The first-order valence-electron chi connectivity index (χ1n) is 8.21. The normalized spacial score (nSPS) is 11.5. The van der Waals surface area contributed by atoms with Crippen molar-refractivity contribution in [3.8, 4) is 5.75 Å². The maximum absolute atomic E-state index is 12.1. The molecule has 10 heteroatoms. The lowest BCUT2D eigenvalue weighted by atomic mass is 10.3. The van der Waals surface area contributed by atoms with Crippen LogP contribution in [0.3, 0.4) is 0 Å². The second kappa shape index (κ2) is 8.65. The van der Waals surface area contributed by atoms with E-state index in [1.54, 1.807) is 30.3 Å². The van der Waals surface area contributed by atoms with Gasteiger partial charge in [0.1, 0.15) is 5.75 Å². The van der Waals surface area contributed by atoms with Gasteiger partial charge in [-0.05, 0) is 42.8 Å². The van der Waals surface area contributed by atoms with E-state index < -0.39 is 9.84 Å². The van der Waals surface area contributed by atoms with E-state index in [0.717, 1.165) is 6.26 Å². The molecule has 0 unspecified atom stereocenters. The molecule has 1 heterocycles. The Hall–Kier alpha value is -1.87. The summed E-state index contributed by atoms with van der Waals surface area (Å²) >= 11 is 13.1. The molecule has 28 heavy (non-hydrogen) atoms. The molecule has 148 valence electrons. The number of sulfone groups is 1. The van der Waals surface area contributed by atoms with Gasteiger partial charge in [-0.2, -0.15) is 0 Å². The van der Waals surface area contributed by atoms with Crippen LogP contribution in [0.15, 0.2) is 41.3 Å². The molecule has 0 aliphatic carbocycles. The third-order valence-corrected chi connectivity index (χ3v) is 6.31. The van der Waals surface area contributed by atoms with Crippen LogP contribution in [0.4, 0.5) is 5.13 Å². The van der Waals surface area contributed by atoms with Crippen LogP contribution in [0.5, 0.6) is 5.75 Å². The topological polar surface area (TPSA) is 85.4 Å². The Morgan fingerprint density at radius 2 is 2.00 bits per heavy atom. The summed E-state index contributed by atoms with van der Waals surface area (Å²) in [5.41, 5.74) is 0.633. The van der Waals surface area contributed by atoms with Crippen LogP contribution in [0.1, 0.15) is 12.8 Å². The summed E-state index contributed by atoms with van der Waals surface area (Å²) in [5.74, 6) is 0.313. The summed E-state index contributed by atoms with van der Waals surface area (Å²) in [7, 11) is -3.29. The zero-order valence-corrected chi connectivity index (χ0v) is 17.9. The van der Waals surface area contributed by atoms with Crippen LogP contribution in [-0.2, 0) is 14.6 Å². The Kier molecular flexibility index (Phi) is 6.44. The van der Waals surface area contributed by atoms with Crippen molar-refractivity contribution in [2.45, 2.75) is 17.7 Å². The van der Waals surface area contributed by atoms with Crippen molar-refractivity contribution >= 4 is 65.6 Å². The van der Waals surface area contributed by atoms with E-state index in [0.29, 0.717) is 44.2 Å². The fourth-order valence-electron chi connectivity index (χ4n) is 2.38. The van der Waals surface area contributed by atoms with Gasteiger partial charge in [-0.15, -0.1) is 0 Å². The summed E-state index contributed by atoms with van der Waals surface area (Å²) in [4.78, 5) is 16.6. The summed E-state index contributed by atoms with van der Waals surface area (Å²) in [6.07, 6.45) is 1.89. The monoisotopic (exact) mass is 458 g/mol. The number of halogens is 2. The van der Waals surface area contributed by atoms with Crippen molar-refractivity contribution in [1.82, 2.24) is 4.98 Å². The van der Waals surface area contributed by atoms with Crippen molar-refractivity contribution in [2.75, 3.05) is 18.2 Å². The number of hydrogen-bond acceptors (Lipinski definition) is 6. The van der Waals surface area contributed by atoms with Crippen LogP contribution >= 0.6 is 34.5 Å². The predicted molar refractivity (Wildman–Crippen MR) is 113 cm³/mol. The molecule has 1 aromatic heterocycles. The lowest BCUT2D eigenvalue weighted by Crippen LogP contribution is -2.12. The standard InChI is InChI=1S/C18H16Cl2N2O4S2/c1-28(24,25)12-5-6-14-16(10-12)27-18(21-14)22-17(23)3-2-8-26-15-7-4-11(19)9-13(15)20/h4-7,9-10H,2-3,8H2,1H3,(H,21,22,23). The number of aromatic nitrogens is 1. The average Bonchev–Trinajstić information content (AvgIpc) is 3.00. The highest BCUT2D eigenvalue weighted by Gasteiger charge is 2.12. The Labute approximate surface area is 176 Å². The number of benzene rings is 2. The highest BCUT2D eigenvalue weighted by molar-refractivity contribution is 7.90. The minimum atomic E-state index is -3.29. The fraction of sp³-hybridized carbons (Fsp3) is 0.222. The first-order chi connectivity index (χ1) is 13.2. The van der Waals surface area contributed by atoms with Gasteiger partial charge in [0, 0.05) is 17.7 Å². The Balaban J connectivity index is 1.53. The van der Waals surface area contributed by atoms with Gasteiger partial charge in [0.2, 0.25) is 5.91 Å². The van der Waals surface area contributed by atoms with Crippen molar-refractivity contribution < 1.29 is 17.9 Å². The molecule has 0 saturated heterocycles. The molecule has 0 saturated carbocycles. The third kappa shape index (κ3) is 5.35. The number of ether oxygens (including phenoxy) is 1. The second-order valence-corrected chi connectivity index (χ2v) is 9.89. The van der Waals surface area contributed by atoms with Gasteiger partial charge in [-0.3, -0.25) is 4.79 Å². The van der Waals surface area contributed by atoms with Gasteiger partial charge in [0.15, 0.2) is 15.0 Å². The quantitative estimate of drug-likeness (QED) is 0.513. The molecule has 1 N–H and O–H groups in total. The van der Waals surface area contributed by atoms with Crippen LogP contribution in [-0.4, -0.2) is 32.2 Å². The number of nitrogens with zero attached hydrogens (tertiary/aromatic N) is 1. The summed E-state index contributed by atoms with van der Waals surface area (Å²) in [6.45, 7) is 0.326. The molecule has 0 aliphatic rings. The molecule has 0 fully saturated rings. The van der Waals surface area contributed by atoms with Crippen LogP contribution in [0.2, 0.25) is 10.0 Å². The van der Waals surface area contributed by atoms with Crippen LogP contribution in [0, 0.1) is 0 Å². The molecule has 1 amide bonds. The van der Waals surface area contributed by atoms with E-state index >= 15 is 0 Å². The Morgan fingerprint density at radius 3 is 2.71 bits per heavy atom. The first-order valence-corrected chi connectivity index (χ1v) is 11.7. The molecule has 3 rings (SSSR count). The van der Waals surface area contributed by atoms with E-state index in [9.17, 15) is 13.2 Å². The molecule has 2 aromatic carbocycles. The van der Waals surface area contributed by atoms with Gasteiger partial charge in [-0.25, -0.2) is 13.4 Å². The highest BCUT2D eigenvalue weighted by atomic mass is 35.5. The Bertz CT molecular complexity index is 1130. The van der Waals surface area contributed by atoms with Gasteiger partial charge in [-0.1, -0.05) is 34.5 Å². The van der Waals surface area contributed by atoms with E-state index in [1.165, 1.54) is 17.4 Å². The molecular weight excluding hydrogens is 443 g/mol. The van der Waals surface area contributed by atoms with E-state index in [1.807, 2.05) is 0 Å². The highest BCUT2D eigenvalue weighted by Crippen LogP contribution is 2.29. The first kappa shape index (κ1) is 20.9. The SMILES string of the molecule is CS(=O)(=O)c1ccc2nc(NC(=O)CCCOc3ccc(Cl)cc3Cl)sc2c1. The predicted octanol–water partition coefficient (Wildman–Crippen LogP) is 4.80. The maximum Gasteiger partial charge on any atom is 0.226 e. The lowest BCUT2D eigenvalue weighted by molar-refractivity contribution is -0.116. The van der Waals surface area contributed by atoms with Crippen LogP contribution in [0.25, 0.3) is 10.2 Å². The third-order valence-electron chi connectivity index (χ3n) is 3.73. The minimum absolute atomic E-state index is 0.201. The fourth-order valence-corrected chi connectivity index (χ4v) is 4.48. The molecule has 6 nitrogen and oxygen atoms in total. The summed E-state index contributed by atoms with van der Waals surface area (Å²) in [6, 6.07) is 9.63. The Morgan fingerprint density at radius 1 is 1.21 bits per heavy atom. The van der Waals surface area contributed by atoms with Gasteiger partial charge >= 0.3 is 0 Å². The van der Waals surface area contributed by atoms with Crippen LogP contribution < -0.4 is 10.1 Å². The lowest BCUT2D eigenvalue weighted by Gasteiger charge is -2.08. The number of hydrogen-bond donors (Lipinski definition) is 1. The smallest absolute Gasteiger partial charge is 0.226 e. The van der Waals surface area contributed by atoms with Gasteiger partial charge in [0.25, 0.3) is 0 Å². The number of anilines is 1. The molecule has 0 atom stereocenters. The number of thiazole rings is 1. The number of carbonyl (C=O) groups excluding carboxylic acids is 1. The molecule has 0 spiro atoms. The largest absolute Gasteiger partial charge is 0.492 e. The zero-order chi connectivity index (χ0) is 20.3. The number of rotatable bonds is 7. The van der Waals surface area contributed by atoms with Crippen molar-refractivity contribution in [2.24, 2.45) is 0 Å². The number of fused-ring (bicyclic) bond motifs is 1. The van der Waals surface area contributed by atoms with Crippen molar-refractivity contribution in [3.63, 3.8) is 0 Å². The van der Waals surface area contributed by atoms with E-state index in [4.69, 9.17) is 27.9 Å². The number of carbonyl (C=O) groups is 1. The molecule has 0 aliphatic heterocycles. The van der Waals surface area contributed by atoms with Crippen molar-refractivity contribution in [1.29, 1.82) is 0 Å². The van der Waals surface area contributed by atoms with E-state index in [2.05, 4.69) is 10.3 Å². The van der Waals surface area contributed by atoms with E-state index in [-0.39, 0.29) is 17.2 Å². The van der Waals surface area contributed by atoms with Crippen molar-refractivity contribution in [3.05, 3.63) is 46.4 Å². The minimum Gasteiger partial charge on any atom is -0.492 e. The molecule has 3 aromatic rings. The average molecular weight is 459 g/mol. The molecule has 0 bridgehead atoms. The maximum atomic E-state index is 12.1. The molecule has 0 radical (unpaired) electrons. The summed E-state index contributed by atoms with van der Waals surface area (Å²) < 4.78 is 29.5. The summed E-state index contributed by atoms with van der Waals surface area (Å²) in [5, 5.41) is 4.09. The zero-order valence-electron chi connectivity index (χ0n) is 14.7. The number of nitrogens with one attached hydrogen (secondary N) is 1. The van der Waals surface area contributed by atoms with Gasteiger partial charge in [0.05, 0.1) is 26.7 Å². The van der Waals surface area contributed by atoms with Gasteiger partial charge < -0.3 is 10.1 Å². The second-order valence-electron chi connectivity index (χ2n) is 6.00.